The zero-order valence-electron chi connectivity index (χ0n) is 17.8. The second-order valence-electron chi connectivity index (χ2n) is 11.5. The molecule has 0 aromatic carbocycles. The molecule has 5 nitrogen and oxygen atoms in total. The van der Waals surface area contributed by atoms with E-state index in [0.29, 0.717) is 18.4 Å². The van der Waals surface area contributed by atoms with Crippen molar-refractivity contribution in [3.63, 3.8) is 0 Å². The highest BCUT2D eigenvalue weighted by molar-refractivity contribution is 5.83. The van der Waals surface area contributed by atoms with E-state index in [1.807, 2.05) is 25.7 Å². The minimum Gasteiger partial charge on any atom is -0.444 e. The summed E-state index contributed by atoms with van der Waals surface area (Å²) < 4.78 is 5.65. The Morgan fingerprint density at radius 1 is 0.929 bits per heavy atom. The third-order valence-corrected chi connectivity index (χ3v) is 8.27. The first-order valence-corrected chi connectivity index (χ1v) is 11.5. The van der Waals surface area contributed by atoms with E-state index in [1.165, 1.54) is 19.3 Å². The Hall–Kier alpha value is -1.26. The van der Waals surface area contributed by atoms with Gasteiger partial charge in [0.05, 0.1) is 11.5 Å². The van der Waals surface area contributed by atoms with Crippen molar-refractivity contribution in [3.05, 3.63) is 0 Å². The van der Waals surface area contributed by atoms with Crippen LogP contribution in [0.25, 0.3) is 0 Å². The third kappa shape index (κ3) is 3.13. The number of amides is 2. The van der Waals surface area contributed by atoms with Crippen molar-refractivity contribution < 1.29 is 14.3 Å². The number of hydrogen-bond donors (Lipinski definition) is 0. The van der Waals surface area contributed by atoms with Crippen LogP contribution in [0.4, 0.5) is 4.79 Å². The van der Waals surface area contributed by atoms with Gasteiger partial charge in [0, 0.05) is 19.6 Å². The average molecular weight is 389 g/mol. The summed E-state index contributed by atoms with van der Waals surface area (Å²) in [7, 11) is 0. The summed E-state index contributed by atoms with van der Waals surface area (Å²) in [4.78, 5) is 30.5. The quantitative estimate of drug-likeness (QED) is 0.681. The summed E-state index contributed by atoms with van der Waals surface area (Å²) in [5, 5.41) is 0. The monoisotopic (exact) mass is 388 g/mol. The Morgan fingerprint density at radius 3 is 2.07 bits per heavy atom. The fourth-order valence-electron chi connectivity index (χ4n) is 7.58. The van der Waals surface area contributed by atoms with Crippen LogP contribution in [0, 0.1) is 29.1 Å². The number of carbonyl (C=O) groups excluding carboxylic acids is 2. The van der Waals surface area contributed by atoms with Crippen molar-refractivity contribution in [1.29, 1.82) is 0 Å². The van der Waals surface area contributed by atoms with Gasteiger partial charge >= 0.3 is 6.09 Å². The average Bonchev–Trinajstić information content (AvgIpc) is 3.01. The van der Waals surface area contributed by atoms with Crippen LogP contribution in [0.2, 0.25) is 0 Å². The molecule has 4 aliphatic carbocycles. The van der Waals surface area contributed by atoms with E-state index in [4.69, 9.17) is 4.74 Å². The number of ether oxygens (including phenoxy) is 1. The summed E-state index contributed by atoms with van der Waals surface area (Å²) in [6.45, 7) is 8.12. The minimum absolute atomic E-state index is 0.0725. The Balaban J connectivity index is 1.30. The molecular weight excluding hydrogens is 352 g/mol. The molecule has 2 saturated heterocycles. The lowest BCUT2D eigenvalue weighted by Crippen LogP contribution is -2.59. The highest BCUT2D eigenvalue weighted by Crippen LogP contribution is 2.60. The maximum absolute atomic E-state index is 13.7. The van der Waals surface area contributed by atoms with Gasteiger partial charge in [-0.05, 0) is 95.8 Å². The second kappa shape index (κ2) is 6.37. The lowest BCUT2D eigenvalue weighted by Gasteiger charge is -2.57. The molecule has 2 heterocycles. The highest BCUT2D eigenvalue weighted by Gasteiger charge is 2.56. The summed E-state index contributed by atoms with van der Waals surface area (Å²) in [5.41, 5.74) is -0.546. The maximum Gasteiger partial charge on any atom is 0.410 e. The van der Waals surface area contributed by atoms with Gasteiger partial charge in [0.1, 0.15) is 5.60 Å². The number of carbonyl (C=O) groups is 2. The lowest BCUT2D eigenvalue weighted by atomic mass is 9.49. The van der Waals surface area contributed by atoms with Gasteiger partial charge in [0.2, 0.25) is 5.91 Å². The molecule has 0 unspecified atom stereocenters. The van der Waals surface area contributed by atoms with Gasteiger partial charge in [-0.3, -0.25) is 4.79 Å². The molecular formula is C23H36N2O3. The van der Waals surface area contributed by atoms with Crippen molar-refractivity contribution in [3.8, 4) is 0 Å². The van der Waals surface area contributed by atoms with E-state index in [1.54, 1.807) is 0 Å². The van der Waals surface area contributed by atoms with E-state index in [0.717, 1.165) is 62.9 Å². The first-order valence-electron chi connectivity index (χ1n) is 11.5. The first kappa shape index (κ1) is 18.7. The molecule has 0 aromatic heterocycles. The number of hydrogen-bond acceptors (Lipinski definition) is 3. The lowest BCUT2D eigenvalue weighted by molar-refractivity contribution is -0.160. The number of fused-ring (bicyclic) bond motifs is 1. The normalized spacial score (nSPS) is 41.9. The standard InChI is InChI=1S/C23H36N2O3/c1-22(2,3)28-21(27)25-7-5-18-4-6-24(14-19(18)25)20(26)23-11-15-8-16(12-23)10-17(9-15)13-23/h15-19H,4-14H2,1-3H3/t15?,16?,17?,18-,19+,23?/m1/s1. The van der Waals surface area contributed by atoms with Crippen LogP contribution in [-0.2, 0) is 9.53 Å². The number of piperidine rings is 1. The minimum atomic E-state index is -0.474. The van der Waals surface area contributed by atoms with Crippen LogP contribution in [0.15, 0.2) is 0 Å². The number of likely N-dealkylation sites (tertiary alicyclic amines) is 2. The zero-order valence-corrected chi connectivity index (χ0v) is 17.8. The number of rotatable bonds is 1. The van der Waals surface area contributed by atoms with Gasteiger partial charge in [-0.2, -0.15) is 0 Å². The molecule has 0 spiro atoms. The van der Waals surface area contributed by atoms with Gasteiger partial charge < -0.3 is 14.5 Å². The van der Waals surface area contributed by atoms with E-state index in [2.05, 4.69) is 4.90 Å². The Bertz CT molecular complexity index is 632. The second-order valence-corrected chi connectivity index (χ2v) is 11.5. The molecule has 28 heavy (non-hydrogen) atoms. The molecule has 0 radical (unpaired) electrons. The smallest absolute Gasteiger partial charge is 0.410 e. The summed E-state index contributed by atoms with van der Waals surface area (Å²) >= 11 is 0. The van der Waals surface area contributed by atoms with Crippen molar-refractivity contribution >= 4 is 12.0 Å². The molecule has 2 aliphatic heterocycles. The fourth-order valence-corrected chi connectivity index (χ4v) is 7.58. The molecule has 6 aliphatic rings. The molecule has 5 heteroatoms. The molecule has 4 bridgehead atoms. The molecule has 2 amide bonds. The zero-order chi connectivity index (χ0) is 19.7. The van der Waals surface area contributed by atoms with E-state index >= 15 is 0 Å². The predicted molar refractivity (Wildman–Crippen MR) is 107 cm³/mol. The molecule has 4 saturated carbocycles. The molecule has 6 rings (SSSR count). The highest BCUT2D eigenvalue weighted by atomic mass is 16.6. The molecule has 156 valence electrons. The van der Waals surface area contributed by atoms with Crippen LogP contribution in [0.1, 0.15) is 72.1 Å². The Kier molecular flexibility index (Phi) is 4.26. The van der Waals surface area contributed by atoms with E-state index in [9.17, 15) is 9.59 Å². The first-order chi connectivity index (χ1) is 13.2. The number of nitrogens with zero attached hydrogens (tertiary/aromatic N) is 2. The van der Waals surface area contributed by atoms with Crippen molar-refractivity contribution in [2.45, 2.75) is 83.8 Å². The molecule has 6 fully saturated rings. The molecule has 0 N–H and O–H groups in total. The van der Waals surface area contributed by atoms with Crippen molar-refractivity contribution in [2.75, 3.05) is 19.6 Å². The van der Waals surface area contributed by atoms with Crippen LogP contribution < -0.4 is 0 Å². The third-order valence-electron chi connectivity index (χ3n) is 8.27. The molecule has 2 atom stereocenters. The van der Waals surface area contributed by atoms with Crippen LogP contribution in [-0.4, -0.2) is 53.1 Å². The van der Waals surface area contributed by atoms with Crippen molar-refractivity contribution in [1.82, 2.24) is 9.80 Å². The van der Waals surface area contributed by atoms with Crippen LogP contribution in [0.5, 0.6) is 0 Å². The van der Waals surface area contributed by atoms with Gasteiger partial charge in [0.15, 0.2) is 0 Å². The Labute approximate surface area is 169 Å². The van der Waals surface area contributed by atoms with Crippen molar-refractivity contribution in [2.24, 2.45) is 29.1 Å². The Morgan fingerprint density at radius 2 is 1.50 bits per heavy atom. The summed E-state index contributed by atoms with van der Waals surface area (Å²) in [5.74, 6) is 3.31. The van der Waals surface area contributed by atoms with Gasteiger partial charge in [0.25, 0.3) is 0 Å². The van der Waals surface area contributed by atoms with Gasteiger partial charge in [-0.15, -0.1) is 0 Å². The summed E-state index contributed by atoms with van der Waals surface area (Å²) in [6.07, 6.45) is 9.33. The topological polar surface area (TPSA) is 49.9 Å². The maximum atomic E-state index is 13.7. The van der Waals surface area contributed by atoms with Gasteiger partial charge in [-0.1, -0.05) is 0 Å². The predicted octanol–water partition coefficient (Wildman–Crippen LogP) is 4.06. The van der Waals surface area contributed by atoms with E-state index < -0.39 is 5.60 Å². The van der Waals surface area contributed by atoms with E-state index in [-0.39, 0.29) is 17.6 Å². The summed E-state index contributed by atoms with van der Waals surface area (Å²) in [6, 6.07) is 0.140. The van der Waals surface area contributed by atoms with Crippen LogP contribution in [0.3, 0.4) is 0 Å². The SMILES string of the molecule is CC(C)(C)OC(=O)N1CC[C@H]2CCN(C(=O)C34CC5CC(CC(C5)C3)C4)C[C@@H]21. The molecule has 0 aromatic rings. The van der Waals surface area contributed by atoms with Crippen LogP contribution >= 0.6 is 0 Å². The van der Waals surface area contributed by atoms with Gasteiger partial charge in [-0.25, -0.2) is 4.79 Å². The fraction of sp³-hybridized carbons (Fsp3) is 0.913. The largest absolute Gasteiger partial charge is 0.444 e.